The number of halogens is 1. The molecule has 0 saturated heterocycles. The first-order valence-corrected chi connectivity index (χ1v) is 6.90. The molecule has 5 heteroatoms. The van der Waals surface area contributed by atoms with Crippen LogP contribution in [-0.4, -0.2) is 24.5 Å². The van der Waals surface area contributed by atoms with Gasteiger partial charge in [0.15, 0.2) is 0 Å². The summed E-state index contributed by atoms with van der Waals surface area (Å²) >= 11 is 5.07. The van der Waals surface area contributed by atoms with Gasteiger partial charge in [-0.05, 0) is 18.6 Å². The molecule has 3 nitrogen and oxygen atoms in total. The number of carbonyl (C=O) groups excluding carboxylic acids is 1. The highest BCUT2D eigenvalue weighted by Gasteiger charge is 2.14. The Kier molecular flexibility index (Phi) is 6.01. The Morgan fingerprint density at radius 2 is 2.25 bits per heavy atom. The number of nitrogens with one attached hydrogen (secondary N) is 1. The number of aryl methyl sites for hydroxylation is 1. The number of esters is 1. The van der Waals surface area contributed by atoms with E-state index in [1.807, 2.05) is 0 Å². The Morgan fingerprint density at radius 3 is 2.81 bits per heavy atom. The third kappa shape index (κ3) is 4.23. The van der Waals surface area contributed by atoms with E-state index in [1.165, 1.54) is 16.9 Å². The van der Waals surface area contributed by atoms with Crippen LogP contribution in [0.5, 0.6) is 0 Å². The smallest absolute Gasteiger partial charge is 0.320 e. The minimum Gasteiger partial charge on any atom is -0.468 e. The van der Waals surface area contributed by atoms with Crippen molar-refractivity contribution in [2.24, 2.45) is 0 Å². The molecule has 16 heavy (non-hydrogen) atoms. The molecule has 0 amide bonds. The van der Waals surface area contributed by atoms with E-state index in [2.05, 4.69) is 45.0 Å². The van der Waals surface area contributed by atoms with Gasteiger partial charge in [0.1, 0.15) is 4.83 Å². The van der Waals surface area contributed by atoms with Crippen molar-refractivity contribution in [3.05, 3.63) is 21.9 Å². The van der Waals surface area contributed by atoms with Crippen LogP contribution >= 0.6 is 27.3 Å². The summed E-state index contributed by atoms with van der Waals surface area (Å²) in [5.41, 5.74) is 0. The van der Waals surface area contributed by atoms with E-state index >= 15 is 0 Å². The highest BCUT2D eigenvalue weighted by molar-refractivity contribution is 9.10. The molecule has 1 N–H and O–H groups in total. The predicted octanol–water partition coefficient (Wildman–Crippen LogP) is 2.34. The molecule has 0 fully saturated rings. The number of rotatable bonds is 6. The lowest BCUT2D eigenvalue weighted by Crippen LogP contribution is -2.29. The average molecular weight is 306 g/mol. The lowest BCUT2D eigenvalue weighted by Gasteiger charge is -2.07. The van der Waals surface area contributed by atoms with E-state index in [0.29, 0.717) is 6.54 Å². The molecule has 0 aromatic carbocycles. The number of hydrogen-bond acceptors (Lipinski definition) is 4. The monoisotopic (exact) mass is 305 g/mol. The topological polar surface area (TPSA) is 38.3 Å². The van der Waals surface area contributed by atoms with Crippen LogP contribution in [0.15, 0.2) is 12.1 Å². The summed E-state index contributed by atoms with van der Waals surface area (Å²) in [7, 11) is 1.39. The largest absolute Gasteiger partial charge is 0.468 e. The molecule has 0 aliphatic heterocycles. The maximum atomic E-state index is 11.1. The molecule has 1 unspecified atom stereocenters. The number of methoxy groups -OCH3 is 1. The maximum absolute atomic E-state index is 11.1. The van der Waals surface area contributed by atoms with E-state index in [9.17, 15) is 4.79 Å². The van der Waals surface area contributed by atoms with Crippen molar-refractivity contribution in [1.82, 2.24) is 5.32 Å². The molecule has 1 heterocycles. The van der Waals surface area contributed by atoms with Gasteiger partial charge in [-0.15, -0.1) is 11.3 Å². The Bertz CT molecular complexity index is 340. The highest BCUT2D eigenvalue weighted by Crippen LogP contribution is 2.16. The van der Waals surface area contributed by atoms with Crippen molar-refractivity contribution in [1.29, 1.82) is 0 Å². The molecule has 0 bridgehead atoms. The summed E-state index contributed by atoms with van der Waals surface area (Å²) < 4.78 is 4.61. The van der Waals surface area contributed by atoms with Gasteiger partial charge in [0, 0.05) is 22.8 Å². The van der Waals surface area contributed by atoms with Crippen LogP contribution in [0.2, 0.25) is 0 Å². The Morgan fingerprint density at radius 1 is 1.56 bits per heavy atom. The quantitative estimate of drug-likeness (QED) is 0.647. The van der Waals surface area contributed by atoms with Gasteiger partial charge in [0.2, 0.25) is 0 Å². The zero-order valence-corrected chi connectivity index (χ0v) is 11.9. The van der Waals surface area contributed by atoms with E-state index in [1.54, 1.807) is 11.3 Å². The molecule has 0 aliphatic carbocycles. The fourth-order valence-electron chi connectivity index (χ4n) is 1.24. The number of thiophene rings is 1. The van der Waals surface area contributed by atoms with Crippen molar-refractivity contribution < 1.29 is 9.53 Å². The molecule has 0 spiro atoms. The lowest BCUT2D eigenvalue weighted by atomic mass is 10.3. The average Bonchev–Trinajstić information content (AvgIpc) is 2.75. The molecule has 1 aromatic rings. The summed E-state index contributed by atoms with van der Waals surface area (Å²) in [5.74, 6) is -0.243. The van der Waals surface area contributed by atoms with Crippen LogP contribution in [0.25, 0.3) is 0 Å². The fraction of sp³-hybridized carbons (Fsp3) is 0.545. The Labute approximate surface area is 108 Å². The van der Waals surface area contributed by atoms with Crippen molar-refractivity contribution in [3.63, 3.8) is 0 Å². The van der Waals surface area contributed by atoms with Crippen molar-refractivity contribution in [2.75, 3.05) is 13.7 Å². The van der Waals surface area contributed by atoms with Crippen LogP contribution in [-0.2, 0) is 22.5 Å². The third-order valence-electron chi connectivity index (χ3n) is 2.15. The van der Waals surface area contributed by atoms with E-state index in [0.717, 1.165) is 13.0 Å². The van der Waals surface area contributed by atoms with Gasteiger partial charge < -0.3 is 10.1 Å². The minimum absolute atomic E-state index is 0.243. The zero-order valence-electron chi connectivity index (χ0n) is 9.46. The van der Waals surface area contributed by atoms with Gasteiger partial charge >= 0.3 is 5.97 Å². The highest BCUT2D eigenvalue weighted by atomic mass is 79.9. The second-order valence-electron chi connectivity index (χ2n) is 3.34. The van der Waals surface area contributed by atoms with Crippen LogP contribution in [0.3, 0.4) is 0 Å². The van der Waals surface area contributed by atoms with Crippen molar-refractivity contribution >= 4 is 33.2 Å². The molecule has 1 aromatic heterocycles. The molecule has 0 radical (unpaired) electrons. The summed E-state index contributed by atoms with van der Waals surface area (Å²) in [6.45, 7) is 3.52. The minimum atomic E-state index is -0.275. The lowest BCUT2D eigenvalue weighted by molar-refractivity contribution is -0.139. The van der Waals surface area contributed by atoms with Crippen molar-refractivity contribution in [2.45, 2.75) is 24.7 Å². The van der Waals surface area contributed by atoms with E-state index < -0.39 is 0 Å². The van der Waals surface area contributed by atoms with Crippen LogP contribution < -0.4 is 5.32 Å². The second kappa shape index (κ2) is 7.04. The predicted molar refractivity (Wildman–Crippen MR) is 70.1 cm³/mol. The number of ether oxygens (including phenoxy) is 1. The number of alkyl halides is 1. The first-order valence-electron chi connectivity index (χ1n) is 5.17. The second-order valence-corrected chi connectivity index (χ2v) is 5.70. The van der Waals surface area contributed by atoms with Crippen LogP contribution in [0.1, 0.15) is 16.7 Å². The molecular formula is C11H16BrNO2S. The molecular weight excluding hydrogens is 290 g/mol. The van der Waals surface area contributed by atoms with Gasteiger partial charge in [-0.2, -0.15) is 0 Å². The zero-order chi connectivity index (χ0) is 12.0. The summed E-state index contributed by atoms with van der Waals surface area (Å²) in [4.78, 5) is 13.5. The maximum Gasteiger partial charge on any atom is 0.320 e. The molecule has 1 atom stereocenters. The molecule has 0 aliphatic rings. The standard InChI is InChI=1S/C11H16BrNO2S/c1-3-8-4-5-9(16-8)6-13-7-10(12)11(14)15-2/h4-5,10,13H,3,6-7H2,1-2H3. The molecule has 1 rings (SSSR count). The third-order valence-corrected chi connectivity index (χ3v) is 4.07. The van der Waals surface area contributed by atoms with Crippen molar-refractivity contribution in [3.8, 4) is 0 Å². The van der Waals surface area contributed by atoms with Crippen LogP contribution in [0, 0.1) is 0 Å². The fourth-order valence-corrected chi connectivity index (χ4v) is 2.58. The van der Waals surface area contributed by atoms with Gasteiger partial charge in [-0.25, -0.2) is 0 Å². The Hall–Kier alpha value is -0.390. The summed E-state index contributed by atoms with van der Waals surface area (Å²) in [5, 5.41) is 3.22. The first kappa shape index (κ1) is 13.7. The van der Waals surface area contributed by atoms with Gasteiger partial charge in [0.25, 0.3) is 0 Å². The van der Waals surface area contributed by atoms with E-state index in [4.69, 9.17) is 0 Å². The SMILES string of the molecule is CCc1ccc(CNCC(Br)C(=O)OC)s1. The van der Waals surface area contributed by atoms with Gasteiger partial charge in [0.05, 0.1) is 7.11 Å². The normalized spacial score (nSPS) is 12.4. The van der Waals surface area contributed by atoms with Gasteiger partial charge in [-0.3, -0.25) is 4.79 Å². The number of carbonyl (C=O) groups is 1. The Balaban J connectivity index is 2.27. The first-order chi connectivity index (χ1) is 7.67. The van der Waals surface area contributed by atoms with Crippen LogP contribution in [0.4, 0.5) is 0 Å². The van der Waals surface area contributed by atoms with E-state index in [-0.39, 0.29) is 10.8 Å². The molecule has 90 valence electrons. The summed E-state index contributed by atoms with van der Waals surface area (Å²) in [6, 6.07) is 4.27. The number of hydrogen-bond donors (Lipinski definition) is 1. The summed E-state index contributed by atoms with van der Waals surface area (Å²) in [6.07, 6.45) is 1.08. The molecule has 0 saturated carbocycles. The van der Waals surface area contributed by atoms with Gasteiger partial charge in [-0.1, -0.05) is 22.9 Å².